The van der Waals surface area contributed by atoms with Gasteiger partial charge in [-0.15, -0.1) is 5.10 Å². The van der Waals surface area contributed by atoms with Crippen molar-refractivity contribution in [1.29, 1.82) is 0 Å². The van der Waals surface area contributed by atoms with Crippen LogP contribution in [0.4, 0.5) is 0 Å². The Bertz CT molecular complexity index is 1190. The van der Waals surface area contributed by atoms with Crippen molar-refractivity contribution < 1.29 is 4.74 Å². The molecule has 4 aromatic rings. The first-order chi connectivity index (χ1) is 13.7. The SMILES string of the molecule is CN1CCCC1COc1nn2c(Cc3cccc4[nH]ncc34)cnc2c(=O)[nH]1. The lowest BCUT2D eigenvalue weighted by atomic mass is 10.1. The van der Waals surface area contributed by atoms with E-state index in [9.17, 15) is 4.79 Å². The number of hydrogen-bond acceptors (Lipinski definition) is 6. The number of likely N-dealkylation sites (N-methyl/N-ethyl adjacent to an activating group) is 1. The van der Waals surface area contributed by atoms with Crippen LogP contribution >= 0.6 is 0 Å². The Morgan fingerprint density at radius 1 is 1.32 bits per heavy atom. The molecule has 144 valence electrons. The molecule has 9 nitrogen and oxygen atoms in total. The Balaban J connectivity index is 1.45. The van der Waals surface area contributed by atoms with Crippen molar-refractivity contribution in [2.45, 2.75) is 25.3 Å². The molecule has 1 saturated heterocycles. The Morgan fingerprint density at radius 2 is 2.25 bits per heavy atom. The molecule has 1 atom stereocenters. The van der Waals surface area contributed by atoms with E-state index in [0.717, 1.165) is 35.1 Å². The number of fused-ring (bicyclic) bond motifs is 2. The van der Waals surface area contributed by atoms with Crippen molar-refractivity contribution in [2.24, 2.45) is 0 Å². The van der Waals surface area contributed by atoms with Crippen LogP contribution in [-0.2, 0) is 6.42 Å². The van der Waals surface area contributed by atoms with Crippen LogP contribution in [0.3, 0.4) is 0 Å². The maximum atomic E-state index is 12.4. The number of nitrogens with one attached hydrogen (secondary N) is 2. The summed E-state index contributed by atoms with van der Waals surface area (Å²) >= 11 is 0. The number of ether oxygens (including phenoxy) is 1. The van der Waals surface area contributed by atoms with E-state index in [4.69, 9.17) is 4.74 Å². The minimum absolute atomic E-state index is 0.221. The monoisotopic (exact) mass is 379 g/mol. The van der Waals surface area contributed by atoms with E-state index < -0.39 is 0 Å². The molecule has 2 N–H and O–H groups in total. The summed E-state index contributed by atoms with van der Waals surface area (Å²) in [5, 5.41) is 12.6. The second-order valence-corrected chi connectivity index (χ2v) is 7.26. The Kier molecular flexibility index (Phi) is 4.09. The van der Waals surface area contributed by atoms with E-state index in [2.05, 4.69) is 37.2 Å². The van der Waals surface area contributed by atoms with Crippen LogP contribution in [0.5, 0.6) is 6.01 Å². The number of aromatic amines is 2. The molecule has 1 unspecified atom stereocenters. The van der Waals surface area contributed by atoms with E-state index in [1.54, 1.807) is 16.9 Å². The molecule has 1 aliphatic rings. The minimum atomic E-state index is -0.308. The summed E-state index contributed by atoms with van der Waals surface area (Å²) in [6.07, 6.45) is 6.33. The van der Waals surface area contributed by atoms with Crippen molar-refractivity contribution in [3.05, 3.63) is 52.2 Å². The molecule has 0 radical (unpaired) electrons. The second kappa shape index (κ2) is 6.75. The van der Waals surface area contributed by atoms with Gasteiger partial charge in [0, 0.05) is 17.8 Å². The number of H-pyrrole nitrogens is 2. The van der Waals surface area contributed by atoms with E-state index >= 15 is 0 Å². The minimum Gasteiger partial charge on any atom is -0.462 e. The number of imidazole rings is 1. The van der Waals surface area contributed by atoms with Crippen molar-refractivity contribution in [1.82, 2.24) is 34.7 Å². The standard InChI is InChI=1S/C19H21N7O2/c1-25-7-3-5-13(25)11-28-19-22-18(27)17-20-9-14(26(17)24-19)8-12-4-2-6-16-15(12)10-21-23-16/h2,4,6,9-10,13H,3,5,7-8,11H2,1H3,(H,21,23)(H,22,24,27). The van der Waals surface area contributed by atoms with Crippen LogP contribution in [0, 0.1) is 0 Å². The number of likely N-dealkylation sites (tertiary alicyclic amines) is 1. The molecule has 0 bridgehead atoms. The molecule has 0 aliphatic carbocycles. The van der Waals surface area contributed by atoms with Gasteiger partial charge in [-0.3, -0.25) is 14.9 Å². The number of nitrogens with zero attached hydrogens (tertiary/aromatic N) is 5. The summed E-state index contributed by atoms with van der Waals surface area (Å²) in [6.45, 7) is 1.57. The zero-order valence-electron chi connectivity index (χ0n) is 15.6. The quantitative estimate of drug-likeness (QED) is 0.543. The lowest BCUT2D eigenvalue weighted by molar-refractivity contribution is 0.185. The maximum absolute atomic E-state index is 12.4. The number of rotatable bonds is 5. The predicted molar refractivity (Wildman–Crippen MR) is 104 cm³/mol. The summed E-state index contributed by atoms with van der Waals surface area (Å²) in [7, 11) is 2.09. The Labute approximate surface area is 160 Å². The highest BCUT2D eigenvalue weighted by Crippen LogP contribution is 2.20. The maximum Gasteiger partial charge on any atom is 0.314 e. The first-order valence-electron chi connectivity index (χ1n) is 9.40. The van der Waals surface area contributed by atoms with Crippen molar-refractivity contribution in [2.75, 3.05) is 20.2 Å². The first-order valence-corrected chi connectivity index (χ1v) is 9.40. The van der Waals surface area contributed by atoms with Crippen LogP contribution in [0.25, 0.3) is 16.6 Å². The number of aromatic nitrogens is 6. The fourth-order valence-electron chi connectivity index (χ4n) is 3.85. The van der Waals surface area contributed by atoms with Gasteiger partial charge in [0.15, 0.2) is 0 Å². The van der Waals surface area contributed by atoms with Gasteiger partial charge in [0.05, 0.1) is 23.6 Å². The van der Waals surface area contributed by atoms with Crippen LogP contribution in [0.2, 0.25) is 0 Å². The summed E-state index contributed by atoms with van der Waals surface area (Å²) in [5.74, 6) is 0. The molecule has 0 saturated carbocycles. The zero-order chi connectivity index (χ0) is 19.1. The van der Waals surface area contributed by atoms with Crippen LogP contribution < -0.4 is 10.3 Å². The molecule has 3 aromatic heterocycles. The highest BCUT2D eigenvalue weighted by molar-refractivity contribution is 5.81. The molecule has 5 rings (SSSR count). The summed E-state index contributed by atoms with van der Waals surface area (Å²) in [4.78, 5) is 21.6. The Hall–Kier alpha value is -3.20. The van der Waals surface area contributed by atoms with Gasteiger partial charge in [-0.05, 0) is 38.1 Å². The molecule has 1 aromatic carbocycles. The Morgan fingerprint density at radius 3 is 3.11 bits per heavy atom. The van der Waals surface area contributed by atoms with Crippen LogP contribution in [0.1, 0.15) is 24.1 Å². The van der Waals surface area contributed by atoms with Crippen molar-refractivity contribution in [3.63, 3.8) is 0 Å². The van der Waals surface area contributed by atoms with Gasteiger partial charge in [-0.25, -0.2) is 9.50 Å². The number of benzene rings is 1. The normalized spacial score (nSPS) is 17.7. The molecule has 0 amide bonds. The fraction of sp³-hybridized carbons (Fsp3) is 0.368. The summed E-state index contributed by atoms with van der Waals surface area (Å²) in [6, 6.07) is 6.57. The third kappa shape index (κ3) is 2.93. The van der Waals surface area contributed by atoms with Gasteiger partial charge < -0.3 is 9.64 Å². The van der Waals surface area contributed by atoms with E-state index in [0.29, 0.717) is 19.1 Å². The van der Waals surface area contributed by atoms with Crippen LogP contribution in [0.15, 0.2) is 35.4 Å². The van der Waals surface area contributed by atoms with Crippen molar-refractivity contribution in [3.8, 4) is 6.01 Å². The van der Waals surface area contributed by atoms with Crippen molar-refractivity contribution >= 4 is 16.6 Å². The molecule has 0 spiro atoms. The second-order valence-electron chi connectivity index (χ2n) is 7.26. The van der Waals surface area contributed by atoms with Gasteiger partial charge in [0.1, 0.15) is 6.61 Å². The number of hydrogen-bond donors (Lipinski definition) is 2. The zero-order valence-corrected chi connectivity index (χ0v) is 15.6. The highest BCUT2D eigenvalue weighted by atomic mass is 16.5. The molecule has 1 fully saturated rings. The average molecular weight is 379 g/mol. The fourth-order valence-corrected chi connectivity index (χ4v) is 3.85. The highest BCUT2D eigenvalue weighted by Gasteiger charge is 2.22. The molecular weight excluding hydrogens is 358 g/mol. The summed E-state index contributed by atoms with van der Waals surface area (Å²) in [5.41, 5.74) is 2.84. The molecule has 4 heterocycles. The van der Waals surface area contributed by atoms with E-state index in [-0.39, 0.29) is 17.2 Å². The van der Waals surface area contributed by atoms with Gasteiger partial charge in [0.2, 0.25) is 5.65 Å². The first kappa shape index (κ1) is 16.9. The third-order valence-corrected chi connectivity index (χ3v) is 5.45. The third-order valence-electron chi connectivity index (χ3n) is 5.45. The van der Waals surface area contributed by atoms with Gasteiger partial charge >= 0.3 is 6.01 Å². The topological polar surface area (TPSA) is 104 Å². The van der Waals surface area contributed by atoms with Gasteiger partial charge in [0.25, 0.3) is 5.56 Å². The smallest absolute Gasteiger partial charge is 0.314 e. The molecule has 1 aliphatic heterocycles. The molecule has 9 heteroatoms. The average Bonchev–Trinajstić information content (AvgIpc) is 3.41. The predicted octanol–water partition coefficient (Wildman–Crippen LogP) is 1.36. The van der Waals surface area contributed by atoms with Gasteiger partial charge in [-0.2, -0.15) is 5.10 Å². The molecule has 28 heavy (non-hydrogen) atoms. The largest absolute Gasteiger partial charge is 0.462 e. The molecular formula is C19H21N7O2. The van der Waals surface area contributed by atoms with E-state index in [1.165, 1.54) is 6.42 Å². The van der Waals surface area contributed by atoms with Gasteiger partial charge in [-0.1, -0.05) is 12.1 Å². The van der Waals surface area contributed by atoms with Crippen LogP contribution in [-0.4, -0.2) is 60.9 Å². The lowest BCUT2D eigenvalue weighted by Gasteiger charge is -2.18. The van der Waals surface area contributed by atoms with E-state index in [1.807, 2.05) is 18.2 Å². The lowest BCUT2D eigenvalue weighted by Crippen LogP contribution is -2.31. The summed E-state index contributed by atoms with van der Waals surface area (Å²) < 4.78 is 7.38.